The van der Waals surface area contributed by atoms with Crippen molar-refractivity contribution in [2.45, 2.75) is 43.5 Å². The Kier molecular flexibility index (Phi) is 6.70. The first-order chi connectivity index (χ1) is 14.3. The van der Waals surface area contributed by atoms with Crippen LogP contribution in [0.25, 0.3) is 0 Å². The maximum atomic E-state index is 13.4. The predicted octanol–water partition coefficient (Wildman–Crippen LogP) is 6.32. The predicted molar refractivity (Wildman–Crippen MR) is 92.3 cm³/mol. The minimum Gasteiger partial charge on any atom is -0.298 e. The molecule has 1 heterocycles. The number of nitrogens with zero attached hydrogens (tertiary/aromatic N) is 4. The number of carbonyl (C=O) groups excluding carboxylic acids is 1. The lowest BCUT2D eigenvalue weighted by atomic mass is 9.93. The molecule has 0 bridgehead atoms. The van der Waals surface area contributed by atoms with Gasteiger partial charge in [0.15, 0.2) is 11.6 Å². The summed E-state index contributed by atoms with van der Waals surface area (Å²) in [5.41, 5.74) is -6.80. The van der Waals surface area contributed by atoms with Crippen molar-refractivity contribution in [2.75, 3.05) is 11.4 Å². The molecule has 32 heavy (non-hydrogen) atoms. The topological polar surface area (TPSA) is 68.8 Å². The molecule has 1 aliphatic heterocycles. The van der Waals surface area contributed by atoms with Crippen LogP contribution in [0.2, 0.25) is 10.0 Å². The van der Waals surface area contributed by atoms with E-state index in [1.807, 2.05) is 0 Å². The van der Waals surface area contributed by atoms with Crippen molar-refractivity contribution in [3.05, 3.63) is 27.2 Å². The molecule has 1 aliphatic rings. The summed E-state index contributed by atoms with van der Waals surface area (Å²) >= 11 is 11.4. The number of rotatable bonds is 3. The zero-order chi connectivity index (χ0) is 24.9. The highest BCUT2D eigenvalue weighted by Crippen LogP contribution is 2.47. The van der Waals surface area contributed by atoms with Crippen molar-refractivity contribution < 1.29 is 44.3 Å². The molecule has 1 aromatic carbocycles. The molecule has 0 aliphatic carbocycles. The zero-order valence-corrected chi connectivity index (χ0v) is 16.9. The Morgan fingerprint density at radius 2 is 1.78 bits per heavy atom. The third-order valence-corrected chi connectivity index (χ3v) is 4.95. The molecule has 0 spiro atoms. The third kappa shape index (κ3) is 5.20. The molecule has 0 saturated heterocycles. The van der Waals surface area contributed by atoms with Gasteiger partial charge >= 0.3 is 18.5 Å². The second-order valence-electron chi connectivity index (χ2n) is 6.81. The molecule has 2 rings (SSSR count). The van der Waals surface area contributed by atoms with Crippen molar-refractivity contribution in [1.29, 1.82) is 5.26 Å². The summed E-state index contributed by atoms with van der Waals surface area (Å²) in [6, 6.07) is -1.03. The minimum absolute atomic E-state index is 0.334. The SMILES string of the molecule is CC1(C(=O)N(CC(F)(F)F)c2c(Cl)cc(C#N)c(C(F)(F)F)c2Cl)CC(C(F)(F)F)N=N1. The average Bonchev–Trinajstić information content (AvgIpc) is 3.01. The summed E-state index contributed by atoms with van der Waals surface area (Å²) in [6.07, 6.45) is -16.7. The second kappa shape index (κ2) is 8.26. The third-order valence-electron chi connectivity index (χ3n) is 4.30. The summed E-state index contributed by atoms with van der Waals surface area (Å²) < 4.78 is 118. The number of halogens is 11. The van der Waals surface area contributed by atoms with Gasteiger partial charge in [-0.3, -0.25) is 9.69 Å². The monoisotopic (exact) mass is 514 g/mol. The Morgan fingerprint density at radius 3 is 2.19 bits per heavy atom. The minimum atomic E-state index is -5.34. The van der Waals surface area contributed by atoms with E-state index in [0.29, 0.717) is 6.07 Å². The van der Waals surface area contributed by atoms with Gasteiger partial charge in [-0.15, -0.1) is 0 Å². The van der Waals surface area contributed by atoms with Crippen LogP contribution in [-0.2, 0) is 11.0 Å². The van der Waals surface area contributed by atoms with Crippen molar-refractivity contribution in [3.63, 3.8) is 0 Å². The molecule has 0 radical (unpaired) electrons. The van der Waals surface area contributed by atoms with E-state index in [9.17, 15) is 44.3 Å². The molecule has 0 N–H and O–H groups in total. The standard InChI is InChI=1S/C16H9Cl2F9N4O/c1-13(3-8(29-30-13)15(22,23)24)12(32)31(5-14(19,20)21)11-7(17)2-6(4-28)9(10(11)18)16(25,26)27/h2,8H,3,5H2,1H3. The number of hydrogen-bond acceptors (Lipinski definition) is 4. The highest BCUT2D eigenvalue weighted by Gasteiger charge is 2.54. The van der Waals surface area contributed by atoms with Crippen LogP contribution in [0.15, 0.2) is 16.3 Å². The Labute approximate surface area is 183 Å². The molecule has 5 nitrogen and oxygen atoms in total. The van der Waals surface area contributed by atoms with Crippen LogP contribution >= 0.6 is 23.2 Å². The van der Waals surface area contributed by atoms with Crippen LogP contribution in [-0.4, -0.2) is 36.4 Å². The summed E-state index contributed by atoms with van der Waals surface area (Å²) in [7, 11) is 0. The van der Waals surface area contributed by atoms with E-state index >= 15 is 0 Å². The van der Waals surface area contributed by atoms with E-state index in [2.05, 4.69) is 10.2 Å². The van der Waals surface area contributed by atoms with E-state index in [1.165, 1.54) is 0 Å². The number of azo groups is 1. The van der Waals surface area contributed by atoms with Crippen LogP contribution in [0.5, 0.6) is 0 Å². The Morgan fingerprint density at radius 1 is 1.22 bits per heavy atom. The summed E-state index contributed by atoms with van der Waals surface area (Å²) in [4.78, 5) is 12.5. The Balaban J connectivity index is 2.70. The van der Waals surface area contributed by atoms with E-state index in [-0.39, 0.29) is 4.90 Å². The quantitative estimate of drug-likeness (QED) is 0.442. The summed E-state index contributed by atoms with van der Waals surface area (Å²) in [5.74, 6) is -1.77. The van der Waals surface area contributed by atoms with Crippen LogP contribution in [0.3, 0.4) is 0 Å². The van der Waals surface area contributed by atoms with Gasteiger partial charge in [0, 0.05) is 6.42 Å². The number of carbonyl (C=O) groups is 1. The summed E-state index contributed by atoms with van der Waals surface area (Å²) in [5, 5.41) is 12.5. The van der Waals surface area contributed by atoms with E-state index in [4.69, 9.17) is 28.5 Å². The lowest BCUT2D eigenvalue weighted by Crippen LogP contribution is -2.50. The average molecular weight is 515 g/mol. The van der Waals surface area contributed by atoms with Gasteiger partial charge in [0.1, 0.15) is 6.54 Å². The molecular formula is C16H9Cl2F9N4O. The highest BCUT2D eigenvalue weighted by atomic mass is 35.5. The lowest BCUT2D eigenvalue weighted by Gasteiger charge is -2.32. The lowest BCUT2D eigenvalue weighted by molar-refractivity contribution is -0.149. The fourth-order valence-corrected chi connectivity index (χ4v) is 3.68. The molecular weight excluding hydrogens is 506 g/mol. The van der Waals surface area contributed by atoms with Crippen molar-refractivity contribution in [1.82, 2.24) is 0 Å². The maximum absolute atomic E-state index is 13.4. The van der Waals surface area contributed by atoms with Gasteiger partial charge in [-0.05, 0) is 13.0 Å². The molecule has 2 atom stereocenters. The van der Waals surface area contributed by atoms with E-state index in [1.54, 1.807) is 0 Å². The molecule has 2 unspecified atom stereocenters. The van der Waals surface area contributed by atoms with Crippen molar-refractivity contribution >= 4 is 34.8 Å². The van der Waals surface area contributed by atoms with Gasteiger partial charge in [0.2, 0.25) is 0 Å². The highest BCUT2D eigenvalue weighted by molar-refractivity contribution is 6.40. The van der Waals surface area contributed by atoms with Gasteiger partial charge in [0.25, 0.3) is 5.91 Å². The number of nitriles is 1. The molecule has 16 heteroatoms. The van der Waals surface area contributed by atoms with Crippen LogP contribution in [0.1, 0.15) is 24.5 Å². The Bertz CT molecular complexity index is 998. The summed E-state index contributed by atoms with van der Waals surface area (Å²) in [6.45, 7) is -1.51. The number of benzene rings is 1. The van der Waals surface area contributed by atoms with Crippen molar-refractivity contribution in [3.8, 4) is 6.07 Å². The largest absolute Gasteiger partial charge is 0.419 e. The van der Waals surface area contributed by atoms with Crippen LogP contribution in [0, 0.1) is 11.3 Å². The molecule has 0 aromatic heterocycles. The van der Waals surface area contributed by atoms with Gasteiger partial charge in [-0.25, -0.2) is 0 Å². The number of hydrogen-bond donors (Lipinski definition) is 0. The fourth-order valence-electron chi connectivity index (χ4n) is 2.91. The van der Waals surface area contributed by atoms with E-state index < -0.39 is 75.8 Å². The van der Waals surface area contributed by atoms with Gasteiger partial charge < -0.3 is 0 Å². The molecule has 0 saturated carbocycles. The molecule has 0 fully saturated rings. The van der Waals surface area contributed by atoms with Crippen molar-refractivity contribution in [2.24, 2.45) is 10.2 Å². The fraction of sp³-hybridized carbons (Fsp3) is 0.500. The molecule has 176 valence electrons. The maximum Gasteiger partial charge on any atom is 0.419 e. The molecule has 1 amide bonds. The van der Waals surface area contributed by atoms with Crippen LogP contribution < -0.4 is 4.90 Å². The Hall–Kier alpha value is -2.27. The number of anilines is 1. The van der Waals surface area contributed by atoms with Gasteiger partial charge in [0.05, 0.1) is 32.9 Å². The van der Waals surface area contributed by atoms with E-state index in [0.717, 1.165) is 13.0 Å². The van der Waals surface area contributed by atoms with Crippen LogP contribution in [0.4, 0.5) is 45.2 Å². The molecule has 1 aromatic rings. The number of alkyl halides is 9. The number of amides is 1. The second-order valence-corrected chi connectivity index (χ2v) is 7.60. The first-order valence-corrected chi connectivity index (χ1v) is 8.94. The smallest absolute Gasteiger partial charge is 0.298 e. The van der Waals surface area contributed by atoms with Gasteiger partial charge in [-0.2, -0.15) is 55.0 Å². The normalized spacial score (nSPS) is 21.5. The van der Waals surface area contributed by atoms with Gasteiger partial charge in [-0.1, -0.05) is 23.2 Å². The first-order valence-electron chi connectivity index (χ1n) is 8.18. The zero-order valence-electron chi connectivity index (χ0n) is 15.4. The first kappa shape index (κ1) is 26.0.